The lowest BCUT2D eigenvalue weighted by molar-refractivity contribution is 0.406. The summed E-state index contributed by atoms with van der Waals surface area (Å²) < 4.78 is 13.7. The van der Waals surface area contributed by atoms with Crippen LogP contribution in [0.3, 0.4) is 0 Å². The summed E-state index contributed by atoms with van der Waals surface area (Å²) in [6.07, 6.45) is 0. The Hall–Kier alpha value is -0.900. The predicted octanol–water partition coefficient (Wildman–Crippen LogP) is 4.83. The minimum absolute atomic E-state index is 0.253. The fraction of sp³-hybridized carbons (Fsp3) is 0.250. The number of hydrogen-bond acceptors (Lipinski definition) is 1. The van der Waals surface area contributed by atoms with Gasteiger partial charge in [-0.2, -0.15) is 0 Å². The molecule has 0 heterocycles. The van der Waals surface area contributed by atoms with Gasteiger partial charge in [0.05, 0.1) is 10.0 Å². The maximum atomic E-state index is 13.2. The molecule has 0 fully saturated rings. The van der Waals surface area contributed by atoms with E-state index in [0.29, 0.717) is 16.9 Å². The minimum atomic E-state index is -0.316. The van der Waals surface area contributed by atoms with Crippen molar-refractivity contribution in [1.29, 1.82) is 0 Å². The molecule has 0 aliphatic heterocycles. The molecule has 0 aliphatic carbocycles. The standard InChI is InChI=1S/C16H16BrClFN/c1-16(11-18,13-5-3-2-4-6-13)20-10-12-7-8-15(19)14(17)9-12/h2-9,20H,10-11H2,1H3. The molecule has 0 spiro atoms. The van der Waals surface area contributed by atoms with Gasteiger partial charge in [-0.1, -0.05) is 36.4 Å². The fourth-order valence-electron chi connectivity index (χ4n) is 1.98. The van der Waals surface area contributed by atoms with Crippen molar-refractivity contribution in [2.24, 2.45) is 0 Å². The molecule has 0 radical (unpaired) electrons. The van der Waals surface area contributed by atoms with E-state index in [2.05, 4.69) is 40.3 Å². The zero-order valence-electron chi connectivity index (χ0n) is 11.2. The first kappa shape index (κ1) is 15.5. The third-order valence-electron chi connectivity index (χ3n) is 3.34. The van der Waals surface area contributed by atoms with Crippen LogP contribution in [-0.2, 0) is 12.1 Å². The lowest BCUT2D eigenvalue weighted by Crippen LogP contribution is -2.40. The molecule has 2 aromatic rings. The Balaban J connectivity index is 2.13. The first-order valence-electron chi connectivity index (χ1n) is 6.35. The lowest BCUT2D eigenvalue weighted by atomic mass is 9.94. The van der Waals surface area contributed by atoms with Crippen molar-refractivity contribution >= 4 is 27.5 Å². The van der Waals surface area contributed by atoms with Gasteiger partial charge < -0.3 is 5.32 Å². The summed E-state index contributed by atoms with van der Waals surface area (Å²) in [6, 6.07) is 15.1. The van der Waals surface area contributed by atoms with E-state index >= 15 is 0 Å². The van der Waals surface area contributed by atoms with Crippen molar-refractivity contribution in [2.75, 3.05) is 5.88 Å². The molecule has 20 heavy (non-hydrogen) atoms. The van der Waals surface area contributed by atoms with Crippen LogP contribution < -0.4 is 5.32 Å². The van der Waals surface area contributed by atoms with E-state index in [1.54, 1.807) is 12.1 Å². The summed E-state index contributed by atoms with van der Waals surface area (Å²) >= 11 is 9.33. The van der Waals surface area contributed by atoms with Crippen molar-refractivity contribution in [3.8, 4) is 0 Å². The average molecular weight is 357 g/mol. The molecule has 1 atom stereocenters. The Morgan fingerprint density at radius 3 is 2.50 bits per heavy atom. The van der Waals surface area contributed by atoms with Crippen LogP contribution >= 0.6 is 27.5 Å². The highest BCUT2D eigenvalue weighted by Gasteiger charge is 2.24. The van der Waals surface area contributed by atoms with Crippen LogP contribution in [0.2, 0.25) is 0 Å². The molecular weight excluding hydrogens is 341 g/mol. The van der Waals surface area contributed by atoms with Crippen molar-refractivity contribution in [3.05, 3.63) is 69.9 Å². The Morgan fingerprint density at radius 1 is 1.20 bits per heavy atom. The quantitative estimate of drug-likeness (QED) is 0.757. The molecule has 106 valence electrons. The van der Waals surface area contributed by atoms with E-state index in [1.165, 1.54) is 6.07 Å². The molecule has 1 N–H and O–H groups in total. The zero-order chi connectivity index (χ0) is 14.6. The summed E-state index contributed by atoms with van der Waals surface area (Å²) in [5.41, 5.74) is 1.82. The topological polar surface area (TPSA) is 12.0 Å². The number of hydrogen-bond donors (Lipinski definition) is 1. The molecule has 4 heteroatoms. The molecule has 0 bridgehead atoms. The molecule has 0 amide bonds. The Labute approximate surface area is 132 Å². The maximum absolute atomic E-state index is 13.2. The van der Waals surface area contributed by atoms with E-state index in [1.807, 2.05) is 18.2 Å². The van der Waals surface area contributed by atoms with Gasteiger partial charge in [0.2, 0.25) is 0 Å². The van der Waals surface area contributed by atoms with Crippen LogP contribution in [0.1, 0.15) is 18.1 Å². The Morgan fingerprint density at radius 2 is 1.90 bits per heavy atom. The second kappa shape index (κ2) is 6.70. The second-order valence-corrected chi connectivity index (χ2v) is 6.06. The van der Waals surface area contributed by atoms with Gasteiger partial charge in [-0.25, -0.2) is 4.39 Å². The van der Waals surface area contributed by atoms with Gasteiger partial charge in [0.15, 0.2) is 0 Å². The SMILES string of the molecule is CC(CCl)(NCc1ccc(F)c(Br)c1)c1ccccc1. The highest BCUT2D eigenvalue weighted by molar-refractivity contribution is 9.10. The van der Waals surface area contributed by atoms with Crippen LogP contribution in [0.25, 0.3) is 0 Å². The molecule has 0 aliphatic rings. The molecule has 2 rings (SSSR count). The van der Waals surface area contributed by atoms with Crippen molar-refractivity contribution < 1.29 is 4.39 Å². The normalized spacial score (nSPS) is 14.0. The second-order valence-electron chi connectivity index (χ2n) is 4.93. The lowest BCUT2D eigenvalue weighted by Gasteiger charge is -2.29. The molecule has 0 saturated carbocycles. The van der Waals surface area contributed by atoms with Gasteiger partial charge in [-0.15, -0.1) is 11.6 Å². The van der Waals surface area contributed by atoms with Crippen LogP contribution in [0.4, 0.5) is 4.39 Å². The Kier molecular flexibility index (Phi) is 5.19. The van der Waals surface area contributed by atoms with Crippen molar-refractivity contribution in [1.82, 2.24) is 5.32 Å². The van der Waals surface area contributed by atoms with Gasteiger partial charge in [0.25, 0.3) is 0 Å². The molecule has 1 unspecified atom stereocenters. The Bertz CT molecular complexity index is 576. The van der Waals surface area contributed by atoms with Gasteiger partial charge >= 0.3 is 0 Å². The maximum Gasteiger partial charge on any atom is 0.137 e. The highest BCUT2D eigenvalue weighted by Crippen LogP contribution is 2.23. The van der Waals surface area contributed by atoms with Crippen molar-refractivity contribution in [2.45, 2.75) is 19.0 Å². The summed E-state index contributed by atoms with van der Waals surface area (Å²) in [5.74, 6) is 0.205. The summed E-state index contributed by atoms with van der Waals surface area (Å²) in [5, 5.41) is 3.45. The first-order valence-corrected chi connectivity index (χ1v) is 7.68. The van der Waals surface area contributed by atoms with Gasteiger partial charge in [0, 0.05) is 12.4 Å². The molecular formula is C16H16BrClFN. The van der Waals surface area contributed by atoms with Crippen LogP contribution in [0.5, 0.6) is 0 Å². The summed E-state index contributed by atoms with van der Waals surface area (Å²) in [4.78, 5) is 0. The molecule has 0 saturated heterocycles. The monoisotopic (exact) mass is 355 g/mol. The number of halogens is 3. The highest BCUT2D eigenvalue weighted by atomic mass is 79.9. The van der Waals surface area contributed by atoms with Crippen LogP contribution in [0, 0.1) is 5.82 Å². The van der Waals surface area contributed by atoms with Gasteiger partial charge in [-0.3, -0.25) is 0 Å². The summed E-state index contributed by atoms with van der Waals surface area (Å²) in [7, 11) is 0. The average Bonchev–Trinajstić information content (AvgIpc) is 2.49. The number of alkyl halides is 1. The van der Waals surface area contributed by atoms with E-state index in [4.69, 9.17) is 11.6 Å². The summed E-state index contributed by atoms with van der Waals surface area (Å²) in [6.45, 7) is 2.69. The van der Waals surface area contributed by atoms with E-state index in [-0.39, 0.29) is 11.4 Å². The van der Waals surface area contributed by atoms with E-state index in [0.717, 1.165) is 11.1 Å². The predicted molar refractivity (Wildman–Crippen MR) is 85.5 cm³/mol. The van der Waals surface area contributed by atoms with Gasteiger partial charge in [0.1, 0.15) is 5.82 Å². The van der Waals surface area contributed by atoms with Crippen LogP contribution in [0.15, 0.2) is 53.0 Å². The first-order chi connectivity index (χ1) is 9.55. The number of rotatable bonds is 5. The third-order valence-corrected chi connectivity index (χ3v) is 4.49. The van der Waals surface area contributed by atoms with Crippen LogP contribution in [-0.4, -0.2) is 5.88 Å². The van der Waals surface area contributed by atoms with E-state index in [9.17, 15) is 4.39 Å². The van der Waals surface area contributed by atoms with E-state index < -0.39 is 0 Å². The largest absolute Gasteiger partial charge is 0.303 e. The van der Waals surface area contributed by atoms with Gasteiger partial charge in [-0.05, 0) is 46.1 Å². The number of benzene rings is 2. The smallest absolute Gasteiger partial charge is 0.137 e. The van der Waals surface area contributed by atoms with Crippen molar-refractivity contribution in [3.63, 3.8) is 0 Å². The molecule has 2 aromatic carbocycles. The number of nitrogens with one attached hydrogen (secondary N) is 1. The fourth-order valence-corrected chi connectivity index (χ4v) is 2.65. The minimum Gasteiger partial charge on any atom is -0.303 e. The zero-order valence-corrected chi connectivity index (χ0v) is 13.5. The third kappa shape index (κ3) is 3.60. The molecule has 1 nitrogen and oxygen atoms in total. The molecule has 0 aromatic heterocycles.